The van der Waals surface area contributed by atoms with Crippen molar-refractivity contribution in [1.82, 2.24) is 29.1 Å². The lowest BCUT2D eigenvalue weighted by Crippen LogP contribution is -2.10. The molecule has 7 heteroatoms. The van der Waals surface area contributed by atoms with Gasteiger partial charge >= 0.3 is 0 Å². The van der Waals surface area contributed by atoms with Crippen LogP contribution in [-0.2, 0) is 0 Å². The van der Waals surface area contributed by atoms with Gasteiger partial charge in [-0.3, -0.25) is 0 Å². The van der Waals surface area contributed by atoms with Crippen molar-refractivity contribution in [3.8, 4) is 11.3 Å². The lowest BCUT2D eigenvalue weighted by Gasteiger charge is -2.19. The van der Waals surface area contributed by atoms with Gasteiger partial charge in [-0.25, -0.2) is 19.5 Å². The molecule has 27 heavy (non-hydrogen) atoms. The van der Waals surface area contributed by atoms with Gasteiger partial charge in [-0.05, 0) is 19.1 Å². The van der Waals surface area contributed by atoms with Crippen LogP contribution in [-0.4, -0.2) is 29.1 Å². The first-order valence-electron chi connectivity index (χ1n) is 8.69. The minimum atomic E-state index is -0.0128. The van der Waals surface area contributed by atoms with Gasteiger partial charge in [-0.1, -0.05) is 30.3 Å². The van der Waals surface area contributed by atoms with Gasteiger partial charge in [-0.15, -0.1) is 0 Å². The van der Waals surface area contributed by atoms with E-state index in [-0.39, 0.29) is 6.04 Å². The number of nitrogen functional groups attached to an aromatic ring is 1. The van der Waals surface area contributed by atoms with Crippen LogP contribution < -0.4 is 5.73 Å². The largest absolute Gasteiger partial charge is 0.383 e. The minimum absolute atomic E-state index is 0.0128. The summed E-state index contributed by atoms with van der Waals surface area (Å²) in [7, 11) is 0. The number of hydrogen-bond acceptors (Lipinski definition) is 5. The number of nitrogens with two attached hydrogens (primary N) is 1. The zero-order chi connectivity index (χ0) is 18.4. The smallest absolute Gasteiger partial charge is 0.153 e. The zero-order valence-corrected chi connectivity index (χ0v) is 14.7. The first-order valence-corrected chi connectivity index (χ1v) is 8.69. The van der Waals surface area contributed by atoms with E-state index in [2.05, 4.69) is 44.6 Å². The van der Waals surface area contributed by atoms with Crippen LogP contribution in [0.1, 0.15) is 18.5 Å². The predicted molar refractivity (Wildman–Crippen MR) is 104 cm³/mol. The molecule has 132 valence electrons. The lowest BCUT2D eigenvalue weighted by atomic mass is 10.0. The van der Waals surface area contributed by atoms with Gasteiger partial charge in [0.1, 0.15) is 17.8 Å². The molecule has 0 spiro atoms. The van der Waals surface area contributed by atoms with Crippen LogP contribution in [0.5, 0.6) is 0 Å². The average Bonchev–Trinajstić information content (AvgIpc) is 3.34. The van der Waals surface area contributed by atoms with Crippen molar-refractivity contribution in [3.05, 3.63) is 72.9 Å². The second kappa shape index (κ2) is 5.91. The fourth-order valence-corrected chi connectivity index (χ4v) is 3.46. The van der Waals surface area contributed by atoms with Crippen LogP contribution in [0, 0.1) is 0 Å². The second-order valence-electron chi connectivity index (χ2n) is 6.44. The Morgan fingerprint density at radius 2 is 1.85 bits per heavy atom. The summed E-state index contributed by atoms with van der Waals surface area (Å²) in [5, 5.41) is 5.67. The number of imidazole rings is 1. The zero-order valence-electron chi connectivity index (χ0n) is 14.7. The van der Waals surface area contributed by atoms with E-state index < -0.39 is 0 Å². The van der Waals surface area contributed by atoms with Gasteiger partial charge < -0.3 is 10.3 Å². The molecule has 0 aliphatic rings. The van der Waals surface area contributed by atoms with E-state index in [1.165, 1.54) is 6.33 Å². The standard InChI is InChI=1S/C20H17N7/c1-13(26-9-7-15-19(21)23-12-24-20(15)26)16-11-17-22-8-10-27(17)25-18(16)14-5-3-2-4-6-14/h2-13H,1H3,(H2,21,23,24)/t13-/m0/s1. The maximum absolute atomic E-state index is 6.00. The summed E-state index contributed by atoms with van der Waals surface area (Å²) < 4.78 is 3.89. The van der Waals surface area contributed by atoms with Gasteiger partial charge in [0.05, 0.1) is 17.1 Å². The highest BCUT2D eigenvalue weighted by Gasteiger charge is 2.19. The average molecular weight is 355 g/mol. The summed E-state index contributed by atoms with van der Waals surface area (Å²) >= 11 is 0. The third-order valence-electron chi connectivity index (χ3n) is 4.87. The molecule has 0 aliphatic carbocycles. The molecule has 0 bridgehead atoms. The molecule has 0 aliphatic heterocycles. The van der Waals surface area contributed by atoms with Crippen LogP contribution in [0.2, 0.25) is 0 Å². The van der Waals surface area contributed by atoms with Crippen LogP contribution in [0.3, 0.4) is 0 Å². The predicted octanol–water partition coefficient (Wildman–Crippen LogP) is 3.33. The molecule has 0 amide bonds. The third-order valence-corrected chi connectivity index (χ3v) is 4.87. The Kier molecular flexibility index (Phi) is 3.39. The topological polar surface area (TPSA) is 86.9 Å². The summed E-state index contributed by atoms with van der Waals surface area (Å²) in [6.07, 6.45) is 7.10. The van der Waals surface area contributed by atoms with Crippen molar-refractivity contribution in [3.63, 3.8) is 0 Å². The molecule has 0 saturated carbocycles. The van der Waals surface area contributed by atoms with Crippen molar-refractivity contribution in [2.75, 3.05) is 5.73 Å². The monoisotopic (exact) mass is 355 g/mol. The van der Waals surface area contributed by atoms with E-state index in [4.69, 9.17) is 10.8 Å². The third kappa shape index (κ3) is 2.43. The second-order valence-corrected chi connectivity index (χ2v) is 6.44. The Balaban J connectivity index is 1.74. The van der Waals surface area contributed by atoms with Crippen molar-refractivity contribution in [2.24, 2.45) is 0 Å². The minimum Gasteiger partial charge on any atom is -0.383 e. The van der Waals surface area contributed by atoms with E-state index in [1.807, 2.05) is 36.7 Å². The van der Waals surface area contributed by atoms with E-state index in [0.29, 0.717) is 5.82 Å². The first-order chi connectivity index (χ1) is 13.2. The van der Waals surface area contributed by atoms with Crippen LogP contribution >= 0.6 is 0 Å². The van der Waals surface area contributed by atoms with Crippen LogP contribution in [0.25, 0.3) is 27.9 Å². The highest BCUT2D eigenvalue weighted by Crippen LogP contribution is 2.32. The molecular formula is C20H17N7. The molecule has 2 N–H and O–H groups in total. The first kappa shape index (κ1) is 15.5. The van der Waals surface area contributed by atoms with Gasteiger partial charge in [-0.2, -0.15) is 5.10 Å². The molecule has 0 unspecified atom stereocenters. The lowest BCUT2D eigenvalue weighted by molar-refractivity contribution is 0.653. The van der Waals surface area contributed by atoms with Gasteiger partial charge in [0.15, 0.2) is 5.65 Å². The Hall–Kier alpha value is -3.74. The maximum Gasteiger partial charge on any atom is 0.153 e. The van der Waals surface area contributed by atoms with E-state index in [0.717, 1.165) is 33.5 Å². The summed E-state index contributed by atoms with van der Waals surface area (Å²) in [6.45, 7) is 2.13. The number of fused-ring (bicyclic) bond motifs is 2. The number of anilines is 1. The maximum atomic E-state index is 6.00. The molecule has 0 fully saturated rings. The molecule has 5 aromatic rings. The quantitative estimate of drug-likeness (QED) is 0.536. The molecule has 1 aromatic carbocycles. The molecule has 4 heterocycles. The SMILES string of the molecule is C[C@@H](c1cc2nccn2nc1-c1ccccc1)n1ccc2c(N)ncnc21. The Labute approximate surface area is 155 Å². The van der Waals surface area contributed by atoms with E-state index in [9.17, 15) is 0 Å². The van der Waals surface area contributed by atoms with Gasteiger partial charge in [0, 0.05) is 29.7 Å². The van der Waals surface area contributed by atoms with Crippen molar-refractivity contribution in [2.45, 2.75) is 13.0 Å². The highest BCUT2D eigenvalue weighted by atomic mass is 15.2. The molecule has 5 rings (SSSR count). The van der Waals surface area contributed by atoms with Crippen LogP contribution in [0.4, 0.5) is 5.82 Å². The number of nitrogens with zero attached hydrogens (tertiary/aromatic N) is 6. The highest BCUT2D eigenvalue weighted by molar-refractivity contribution is 5.86. The summed E-state index contributed by atoms with van der Waals surface area (Å²) in [6, 6.07) is 14.2. The van der Waals surface area contributed by atoms with E-state index >= 15 is 0 Å². The van der Waals surface area contributed by atoms with Crippen LogP contribution in [0.15, 0.2) is 67.4 Å². The Morgan fingerprint density at radius 3 is 2.70 bits per heavy atom. The van der Waals surface area contributed by atoms with Gasteiger partial charge in [0.25, 0.3) is 0 Å². The molecule has 0 saturated heterocycles. The number of aromatic nitrogens is 6. The molecule has 1 atom stereocenters. The van der Waals surface area contributed by atoms with Crippen molar-refractivity contribution in [1.29, 1.82) is 0 Å². The van der Waals surface area contributed by atoms with Gasteiger partial charge in [0.2, 0.25) is 0 Å². The van der Waals surface area contributed by atoms with E-state index in [1.54, 1.807) is 10.7 Å². The summed E-state index contributed by atoms with van der Waals surface area (Å²) in [4.78, 5) is 12.9. The summed E-state index contributed by atoms with van der Waals surface area (Å²) in [5.74, 6) is 0.482. The Morgan fingerprint density at radius 1 is 1.00 bits per heavy atom. The number of rotatable bonds is 3. The van der Waals surface area contributed by atoms with Crippen molar-refractivity contribution < 1.29 is 0 Å². The number of benzene rings is 1. The molecular weight excluding hydrogens is 338 g/mol. The summed E-state index contributed by atoms with van der Waals surface area (Å²) in [5.41, 5.74) is 10.6. The molecule has 4 aromatic heterocycles. The number of hydrogen-bond donors (Lipinski definition) is 1. The molecule has 7 nitrogen and oxygen atoms in total. The fraction of sp³-hybridized carbons (Fsp3) is 0.100. The molecule has 0 radical (unpaired) electrons. The van der Waals surface area contributed by atoms with Crippen molar-refractivity contribution >= 4 is 22.5 Å². The normalized spacial score (nSPS) is 12.6. The Bertz CT molecular complexity index is 1250. The fourth-order valence-electron chi connectivity index (χ4n) is 3.46.